The van der Waals surface area contributed by atoms with Crippen molar-refractivity contribution in [2.75, 3.05) is 0 Å². The van der Waals surface area contributed by atoms with Crippen molar-refractivity contribution in [1.29, 1.82) is 0 Å². The van der Waals surface area contributed by atoms with Gasteiger partial charge in [-0.3, -0.25) is 4.98 Å². The third-order valence-corrected chi connectivity index (χ3v) is 15.2. The minimum atomic E-state index is -1.72. The number of hydrogen-bond donors (Lipinski definition) is 0. The molecule has 0 saturated carbocycles. The Labute approximate surface area is 359 Å². The van der Waals surface area contributed by atoms with E-state index in [4.69, 9.17) is 9.40 Å². The smallest absolute Gasteiger partial charge is 0.120 e. The Hall–Kier alpha value is -6.11. The van der Waals surface area contributed by atoms with Crippen molar-refractivity contribution in [2.45, 2.75) is 17.3 Å². The molecule has 0 amide bonds. The second-order valence-electron chi connectivity index (χ2n) is 15.7. The first-order valence-electron chi connectivity index (χ1n) is 19.7. The summed E-state index contributed by atoms with van der Waals surface area (Å²) in [5.74, 6) is 7.95. The number of hydrogen-bond acceptors (Lipinski definition) is 3. The van der Waals surface area contributed by atoms with E-state index in [1.165, 1.54) is 26.1 Å². The van der Waals surface area contributed by atoms with E-state index in [2.05, 4.69) is 166 Å². The molecule has 0 bridgehead atoms. The van der Waals surface area contributed by atoms with Crippen molar-refractivity contribution in [3.63, 3.8) is 0 Å². The topological polar surface area (TPSA) is 43.9 Å². The van der Waals surface area contributed by atoms with Crippen LogP contribution < -0.4 is 4.40 Å². The fourth-order valence-electron chi connectivity index (χ4n) is 7.92. The molecule has 11 aromatic rings. The quantitative estimate of drug-likeness (QED) is 0.0980. The molecule has 0 aliphatic rings. The molecule has 287 valence electrons. The molecule has 0 unspecified atom stereocenters. The van der Waals surface area contributed by atoms with Gasteiger partial charge in [-0.25, -0.2) is 0 Å². The van der Waals surface area contributed by atoms with Gasteiger partial charge in [-0.2, -0.15) is 0 Å². The van der Waals surface area contributed by atoms with Crippen LogP contribution in [-0.2, 0) is 20.1 Å². The number of imidazole rings is 1. The molecule has 4 nitrogen and oxygen atoms in total. The van der Waals surface area contributed by atoms with Crippen LogP contribution in [0.4, 0.5) is 0 Å². The van der Waals surface area contributed by atoms with E-state index in [1.54, 1.807) is 0 Å². The van der Waals surface area contributed by atoms with E-state index in [-0.39, 0.29) is 20.1 Å². The van der Waals surface area contributed by atoms with E-state index in [1.807, 2.05) is 54.7 Å². The van der Waals surface area contributed by atoms with Crippen molar-refractivity contribution < 1.29 is 24.5 Å². The molecule has 3 aromatic heterocycles. The average molecular weight is 999 g/mol. The summed E-state index contributed by atoms with van der Waals surface area (Å²) in [6.07, 6.45) is 2.04. The third-order valence-electron chi connectivity index (χ3n) is 10.9. The fraction of sp³-hybridized carbons (Fsp3) is 0.0566. The first-order chi connectivity index (χ1) is 28.4. The van der Waals surface area contributed by atoms with Crippen LogP contribution in [0, 0.1) is 12.1 Å². The number of para-hydroxylation sites is 1. The van der Waals surface area contributed by atoms with Gasteiger partial charge in [-0.05, 0) is 51.6 Å². The zero-order valence-electron chi connectivity index (χ0n) is 32.9. The first kappa shape index (κ1) is 38.4. The van der Waals surface area contributed by atoms with Crippen LogP contribution in [0.15, 0.2) is 187 Å². The van der Waals surface area contributed by atoms with Crippen LogP contribution in [0.25, 0.3) is 94.0 Å². The standard InChI is InChI=1S/C39H23N2O.C14H16GeN.Ir/c1-2-10-25(11-3-1)27-13-8-14-28(24-27)41-35-23-22-30-29-15-5-4-12-26(29)20-21-32(30)37(35)40-39(41)34-18-9-17-33-31-16-6-7-19-36(31)42-38(33)34;1-15(2,3)13-9-10-14(16-11-13)12-7-5-4-6-8-12;/h1-17,19-24H;4-7,9-11H,1-3H3;/q2*-1;. The van der Waals surface area contributed by atoms with Crippen molar-refractivity contribution in [2.24, 2.45) is 0 Å². The Kier molecular flexibility index (Phi) is 10.4. The third kappa shape index (κ3) is 7.21. The van der Waals surface area contributed by atoms with Crippen LogP contribution in [0.2, 0.25) is 17.3 Å². The zero-order valence-corrected chi connectivity index (χ0v) is 37.4. The molecule has 1 radical (unpaired) electrons. The Morgan fingerprint density at radius 2 is 1.34 bits per heavy atom. The SMILES string of the molecule is [CH3][Ge]([CH3])([CH3])[c]1ccc(-c2[c-]cccc2)nc1.[Ir].[c-]1ccc2c(oc3ccccc32)c1-c1nc2c3ccc4ccccc4c3ccc2n1-c1cccc(-c2ccccc2)c1. The maximum atomic E-state index is 6.48. The summed E-state index contributed by atoms with van der Waals surface area (Å²) < 4.78 is 10.2. The largest absolute Gasteiger partial charge is 0.501 e. The van der Waals surface area contributed by atoms with Crippen LogP contribution in [0.5, 0.6) is 0 Å². The van der Waals surface area contributed by atoms with Gasteiger partial charge in [0.15, 0.2) is 0 Å². The molecule has 0 saturated heterocycles. The normalized spacial score (nSPS) is 11.5. The molecule has 0 N–H and O–H groups in total. The molecular weight excluding hydrogens is 959 g/mol. The summed E-state index contributed by atoms with van der Waals surface area (Å²) in [5, 5.41) is 6.92. The summed E-state index contributed by atoms with van der Waals surface area (Å²) >= 11 is -1.72. The number of nitrogens with zero attached hydrogens (tertiary/aromatic N) is 3. The van der Waals surface area contributed by atoms with Crippen LogP contribution >= 0.6 is 0 Å². The molecule has 0 aliphatic carbocycles. The fourth-order valence-corrected chi connectivity index (χ4v) is 10.1. The minimum Gasteiger partial charge on any atom is -0.501 e. The summed E-state index contributed by atoms with van der Waals surface area (Å²) in [4.78, 5) is 9.92. The Balaban J connectivity index is 0.000000224. The van der Waals surface area contributed by atoms with Gasteiger partial charge in [0, 0.05) is 36.6 Å². The maximum Gasteiger partial charge on any atom is 0.120 e. The summed E-state index contributed by atoms with van der Waals surface area (Å²) in [5.41, 5.74) is 9.94. The predicted molar refractivity (Wildman–Crippen MR) is 245 cm³/mol. The summed E-state index contributed by atoms with van der Waals surface area (Å²) in [6, 6.07) is 67.8. The molecule has 8 aromatic carbocycles. The Morgan fingerprint density at radius 1 is 0.576 bits per heavy atom. The van der Waals surface area contributed by atoms with Crippen molar-refractivity contribution in [3.8, 4) is 39.5 Å². The minimum absolute atomic E-state index is 0. The maximum absolute atomic E-state index is 6.48. The van der Waals surface area contributed by atoms with Gasteiger partial charge in [0.2, 0.25) is 0 Å². The van der Waals surface area contributed by atoms with Gasteiger partial charge in [-0.1, -0.05) is 114 Å². The van der Waals surface area contributed by atoms with Crippen molar-refractivity contribution >= 4 is 72.2 Å². The van der Waals surface area contributed by atoms with Crippen molar-refractivity contribution in [3.05, 3.63) is 194 Å². The number of benzene rings is 8. The predicted octanol–water partition coefficient (Wildman–Crippen LogP) is 13.5. The molecule has 11 rings (SSSR count). The van der Waals surface area contributed by atoms with E-state index in [0.717, 1.165) is 72.3 Å². The van der Waals surface area contributed by atoms with E-state index < -0.39 is 13.3 Å². The van der Waals surface area contributed by atoms with Crippen LogP contribution in [0.3, 0.4) is 0 Å². The molecule has 3 heterocycles. The van der Waals surface area contributed by atoms with Gasteiger partial charge in [0.1, 0.15) is 5.58 Å². The molecular formula is C53H39GeIrN3O-2. The second-order valence-corrected chi connectivity index (χ2v) is 26.3. The van der Waals surface area contributed by atoms with Gasteiger partial charge in [-0.15, -0.1) is 18.2 Å². The number of fused-ring (bicyclic) bond motifs is 8. The average Bonchev–Trinajstić information content (AvgIpc) is 3.86. The number of furan rings is 1. The zero-order chi connectivity index (χ0) is 39.2. The summed E-state index contributed by atoms with van der Waals surface area (Å²) in [6.45, 7) is 0. The van der Waals surface area contributed by atoms with E-state index in [0.29, 0.717) is 0 Å². The Bertz CT molecular complexity index is 3260. The van der Waals surface area contributed by atoms with E-state index >= 15 is 0 Å². The van der Waals surface area contributed by atoms with Gasteiger partial charge in [0.25, 0.3) is 0 Å². The molecule has 0 fully saturated rings. The number of pyridine rings is 1. The van der Waals surface area contributed by atoms with Gasteiger partial charge in [0.05, 0.1) is 22.4 Å². The summed E-state index contributed by atoms with van der Waals surface area (Å²) in [7, 11) is 0. The number of aromatic nitrogens is 3. The van der Waals surface area contributed by atoms with Gasteiger partial charge < -0.3 is 8.98 Å². The molecule has 6 heteroatoms. The second kappa shape index (κ2) is 15.9. The molecule has 59 heavy (non-hydrogen) atoms. The van der Waals surface area contributed by atoms with E-state index in [9.17, 15) is 0 Å². The molecule has 0 aliphatic heterocycles. The monoisotopic (exact) mass is 1000 g/mol. The van der Waals surface area contributed by atoms with Gasteiger partial charge >= 0.3 is 99.8 Å². The molecule has 0 spiro atoms. The first-order valence-corrected chi connectivity index (χ1v) is 27.0. The number of rotatable bonds is 5. The van der Waals surface area contributed by atoms with Crippen LogP contribution in [0.1, 0.15) is 0 Å². The Morgan fingerprint density at radius 3 is 2.14 bits per heavy atom. The molecule has 0 atom stereocenters. The van der Waals surface area contributed by atoms with Crippen LogP contribution in [-0.4, -0.2) is 27.8 Å². The van der Waals surface area contributed by atoms with Crippen molar-refractivity contribution in [1.82, 2.24) is 14.5 Å².